The van der Waals surface area contributed by atoms with Crippen LogP contribution in [0.2, 0.25) is 0 Å². The second-order valence-corrected chi connectivity index (χ2v) is 6.76. The van der Waals surface area contributed by atoms with Gasteiger partial charge in [-0.2, -0.15) is 0 Å². The Morgan fingerprint density at radius 2 is 1.52 bits per heavy atom. The number of hydrogen-bond donors (Lipinski definition) is 8. The van der Waals surface area contributed by atoms with Gasteiger partial charge in [0.25, 0.3) is 0 Å². The molecule has 0 amide bonds. The van der Waals surface area contributed by atoms with Crippen LogP contribution in [0, 0.1) is 0 Å². The van der Waals surface area contributed by atoms with Crippen molar-refractivity contribution in [1.29, 1.82) is 0 Å². The van der Waals surface area contributed by atoms with Crippen molar-refractivity contribution in [3.8, 4) is 5.75 Å². The number of nitrogens with one attached hydrogen (secondary N) is 1. The largest absolute Gasteiger partial charge is 0.508 e. The standard InChI is InChI=1S/C13H21NO3.C4H6O6/c1-13(2,3)14-7-12(17)9-4-5-11(16)10(6-9)8-15;5-1(3(7)8)2(6)4(9)10/h4-6,12,14-17H,7-8H2,1-3H3;1-2,5-6H,(H,7,8)(H,9,10)/t;1-,2-/m.0/s1. The summed E-state index contributed by atoms with van der Waals surface area (Å²) < 4.78 is 0. The van der Waals surface area contributed by atoms with E-state index in [1.807, 2.05) is 20.8 Å². The van der Waals surface area contributed by atoms with Crippen LogP contribution >= 0.6 is 0 Å². The number of carboxylic acids is 2. The third-order valence-electron chi connectivity index (χ3n) is 3.29. The Hall–Kier alpha value is -2.24. The number of aliphatic hydroxyl groups is 4. The number of rotatable bonds is 7. The van der Waals surface area contributed by atoms with E-state index < -0.39 is 30.3 Å². The highest BCUT2D eigenvalue weighted by molar-refractivity contribution is 5.83. The molecule has 0 fully saturated rings. The Morgan fingerprint density at radius 3 is 1.89 bits per heavy atom. The van der Waals surface area contributed by atoms with Crippen molar-refractivity contribution in [2.75, 3.05) is 6.54 Å². The number of β-amino-alcohol motifs (C(OH)–C–C–N with tert-alkyl or cyclic N) is 1. The molecule has 3 atom stereocenters. The third kappa shape index (κ3) is 9.31. The maximum absolute atomic E-state index is 9.97. The predicted molar refractivity (Wildman–Crippen MR) is 94.0 cm³/mol. The summed E-state index contributed by atoms with van der Waals surface area (Å²) in [7, 11) is 0. The monoisotopic (exact) mass is 389 g/mol. The van der Waals surface area contributed by atoms with Crippen molar-refractivity contribution in [2.24, 2.45) is 0 Å². The maximum atomic E-state index is 9.97. The molecule has 0 aromatic heterocycles. The van der Waals surface area contributed by atoms with Gasteiger partial charge in [-0.3, -0.25) is 0 Å². The van der Waals surface area contributed by atoms with E-state index in [9.17, 15) is 19.8 Å². The van der Waals surface area contributed by atoms with Gasteiger partial charge < -0.3 is 41.1 Å². The molecule has 8 N–H and O–H groups in total. The Labute approximate surface area is 156 Å². The van der Waals surface area contributed by atoms with Crippen molar-refractivity contribution < 1.29 is 45.3 Å². The van der Waals surface area contributed by atoms with Crippen molar-refractivity contribution in [1.82, 2.24) is 5.32 Å². The van der Waals surface area contributed by atoms with Gasteiger partial charge in [0.05, 0.1) is 12.7 Å². The Bertz CT molecular complexity index is 609. The minimum atomic E-state index is -2.27. The molecule has 0 aliphatic heterocycles. The molecular weight excluding hydrogens is 362 g/mol. The topological polar surface area (TPSA) is 188 Å². The van der Waals surface area contributed by atoms with Crippen LogP contribution in [-0.4, -0.2) is 72.0 Å². The van der Waals surface area contributed by atoms with Crippen LogP contribution in [0.4, 0.5) is 0 Å². The molecule has 0 saturated heterocycles. The van der Waals surface area contributed by atoms with E-state index in [1.165, 1.54) is 6.07 Å². The number of carboxylic acid groups (broad SMARTS) is 2. The van der Waals surface area contributed by atoms with Gasteiger partial charge in [-0.25, -0.2) is 9.59 Å². The number of aliphatic hydroxyl groups excluding tert-OH is 4. The Balaban J connectivity index is 0.000000580. The molecule has 1 aromatic carbocycles. The molecule has 154 valence electrons. The number of carbonyl (C=O) groups is 2. The second kappa shape index (κ2) is 10.8. The molecule has 1 unspecified atom stereocenters. The Morgan fingerprint density at radius 1 is 1.04 bits per heavy atom. The van der Waals surface area contributed by atoms with Gasteiger partial charge in [-0.15, -0.1) is 0 Å². The van der Waals surface area contributed by atoms with Crippen LogP contribution in [-0.2, 0) is 16.2 Å². The summed E-state index contributed by atoms with van der Waals surface area (Å²) in [5.41, 5.74) is 1.05. The summed E-state index contributed by atoms with van der Waals surface area (Å²) in [4.78, 5) is 19.5. The molecular formula is C17H27NO9. The van der Waals surface area contributed by atoms with Crippen LogP contribution in [0.1, 0.15) is 38.0 Å². The predicted octanol–water partition coefficient (Wildman–Crippen LogP) is -0.817. The SMILES string of the molecule is CC(C)(C)NCC(O)c1ccc(O)c(CO)c1.O=C(O)[C@@H](O)[C@H](O)C(=O)O. The summed E-state index contributed by atoms with van der Waals surface area (Å²) in [6.45, 7) is 6.26. The van der Waals surface area contributed by atoms with Gasteiger partial charge in [-0.05, 0) is 38.5 Å². The smallest absolute Gasteiger partial charge is 0.335 e. The van der Waals surface area contributed by atoms with Gasteiger partial charge in [0, 0.05) is 17.6 Å². The molecule has 10 heteroatoms. The summed E-state index contributed by atoms with van der Waals surface area (Å²) in [5, 5.41) is 64.1. The van der Waals surface area contributed by atoms with Gasteiger partial charge >= 0.3 is 11.9 Å². The number of aromatic hydroxyl groups is 1. The van der Waals surface area contributed by atoms with Gasteiger partial charge in [0.1, 0.15) is 5.75 Å². The van der Waals surface area contributed by atoms with Gasteiger partial charge in [0.2, 0.25) is 0 Å². The fourth-order valence-corrected chi connectivity index (χ4v) is 1.73. The van der Waals surface area contributed by atoms with E-state index in [0.717, 1.165) is 0 Å². The zero-order valence-electron chi connectivity index (χ0n) is 15.3. The average molecular weight is 389 g/mol. The summed E-state index contributed by atoms with van der Waals surface area (Å²) in [6.07, 6.45) is -5.19. The van der Waals surface area contributed by atoms with E-state index >= 15 is 0 Å². The lowest BCUT2D eigenvalue weighted by Gasteiger charge is -2.23. The van der Waals surface area contributed by atoms with Crippen LogP contribution in [0.25, 0.3) is 0 Å². The lowest BCUT2D eigenvalue weighted by Crippen LogP contribution is -2.39. The first kappa shape index (κ1) is 24.8. The molecule has 0 heterocycles. The highest BCUT2D eigenvalue weighted by Gasteiger charge is 2.29. The molecule has 0 aliphatic rings. The van der Waals surface area contributed by atoms with Gasteiger partial charge in [-0.1, -0.05) is 6.07 Å². The zero-order valence-corrected chi connectivity index (χ0v) is 15.3. The highest BCUT2D eigenvalue weighted by Crippen LogP contribution is 2.22. The fourth-order valence-electron chi connectivity index (χ4n) is 1.73. The average Bonchev–Trinajstić information content (AvgIpc) is 2.58. The van der Waals surface area contributed by atoms with E-state index in [4.69, 9.17) is 25.5 Å². The van der Waals surface area contributed by atoms with E-state index in [1.54, 1.807) is 12.1 Å². The molecule has 0 saturated carbocycles. The van der Waals surface area contributed by atoms with Crippen molar-refractivity contribution in [2.45, 2.75) is 51.2 Å². The lowest BCUT2D eigenvalue weighted by molar-refractivity contribution is -0.165. The quantitative estimate of drug-likeness (QED) is 0.293. The maximum Gasteiger partial charge on any atom is 0.335 e. The van der Waals surface area contributed by atoms with Crippen molar-refractivity contribution in [3.63, 3.8) is 0 Å². The molecule has 0 aliphatic carbocycles. The van der Waals surface area contributed by atoms with E-state index in [-0.39, 0.29) is 17.9 Å². The molecule has 1 aromatic rings. The van der Waals surface area contributed by atoms with Crippen molar-refractivity contribution in [3.05, 3.63) is 29.3 Å². The number of hydrogen-bond acceptors (Lipinski definition) is 8. The van der Waals surface area contributed by atoms with Crippen LogP contribution < -0.4 is 5.32 Å². The Kier molecular flexibility index (Phi) is 9.90. The molecule has 27 heavy (non-hydrogen) atoms. The normalized spacial score (nSPS) is 14.5. The first-order chi connectivity index (χ1) is 12.3. The summed E-state index contributed by atoms with van der Waals surface area (Å²) in [6, 6.07) is 4.76. The summed E-state index contributed by atoms with van der Waals surface area (Å²) >= 11 is 0. The van der Waals surface area contributed by atoms with E-state index in [0.29, 0.717) is 17.7 Å². The molecule has 10 nitrogen and oxygen atoms in total. The number of benzene rings is 1. The molecule has 0 radical (unpaired) electrons. The number of aliphatic carboxylic acids is 2. The molecule has 0 bridgehead atoms. The third-order valence-corrected chi connectivity index (χ3v) is 3.29. The second-order valence-electron chi connectivity index (χ2n) is 6.76. The lowest BCUT2D eigenvalue weighted by atomic mass is 10.0. The van der Waals surface area contributed by atoms with Crippen LogP contribution in [0.3, 0.4) is 0 Å². The van der Waals surface area contributed by atoms with Crippen molar-refractivity contribution >= 4 is 11.9 Å². The van der Waals surface area contributed by atoms with Crippen LogP contribution in [0.5, 0.6) is 5.75 Å². The first-order valence-corrected chi connectivity index (χ1v) is 7.97. The van der Waals surface area contributed by atoms with Crippen LogP contribution in [0.15, 0.2) is 18.2 Å². The molecule has 0 spiro atoms. The summed E-state index contributed by atoms with van der Waals surface area (Å²) in [5.74, 6) is -3.49. The van der Waals surface area contributed by atoms with E-state index in [2.05, 4.69) is 5.32 Å². The van der Waals surface area contributed by atoms with Gasteiger partial charge in [0.15, 0.2) is 12.2 Å². The number of phenols is 1. The minimum Gasteiger partial charge on any atom is -0.508 e. The molecule has 1 rings (SSSR count). The zero-order chi connectivity index (χ0) is 21.4. The fraction of sp³-hybridized carbons (Fsp3) is 0.529. The first-order valence-electron chi connectivity index (χ1n) is 7.97. The minimum absolute atomic E-state index is 0.0484. The highest BCUT2D eigenvalue weighted by atomic mass is 16.4.